The van der Waals surface area contributed by atoms with Gasteiger partial charge in [0, 0.05) is 5.41 Å². The number of carbonyl (C=O) groups is 1. The lowest BCUT2D eigenvalue weighted by Crippen LogP contribution is -2.61. The zero-order chi connectivity index (χ0) is 17.2. The Morgan fingerprint density at radius 3 is 2.58 bits per heavy atom. The zero-order valence-corrected chi connectivity index (χ0v) is 15.1. The molecule has 4 aliphatic carbocycles. The highest BCUT2D eigenvalue weighted by molar-refractivity contribution is 5.67. The summed E-state index contributed by atoms with van der Waals surface area (Å²) in [5, 5.41) is 21.9. The molecule has 0 aliphatic heterocycles. The highest BCUT2D eigenvalue weighted by Crippen LogP contribution is 2.68. The topological polar surface area (TPSA) is 57.5 Å². The van der Waals surface area contributed by atoms with Crippen LogP contribution in [0.25, 0.3) is 0 Å². The monoisotopic (exact) mass is 332 g/mol. The number of aldehydes is 1. The smallest absolute Gasteiger partial charge is 0.142 e. The van der Waals surface area contributed by atoms with E-state index in [0.717, 1.165) is 64.1 Å². The lowest BCUT2D eigenvalue weighted by Gasteiger charge is -2.63. The minimum atomic E-state index is -0.644. The molecule has 0 unspecified atom stereocenters. The SMILES string of the molecule is C[C@]12CC[C@H](O)C[C@H]1CC[C@@H]1[C@@H]2CC[C@]2(C)/C(=C/C=O)CC[C@]12O. The fraction of sp³-hybridized carbons (Fsp3) is 0.857. The summed E-state index contributed by atoms with van der Waals surface area (Å²) in [6.45, 7) is 4.63. The molecule has 0 saturated heterocycles. The third kappa shape index (κ3) is 2.00. The number of aliphatic hydroxyl groups excluding tert-OH is 1. The maximum absolute atomic E-state index is 11.8. The largest absolute Gasteiger partial charge is 0.393 e. The first-order valence-electron chi connectivity index (χ1n) is 9.90. The fourth-order valence-corrected chi connectivity index (χ4v) is 7.40. The van der Waals surface area contributed by atoms with Gasteiger partial charge in [-0.3, -0.25) is 4.79 Å². The summed E-state index contributed by atoms with van der Waals surface area (Å²) in [6, 6.07) is 0. The second-order valence-electron chi connectivity index (χ2n) is 9.54. The average molecular weight is 332 g/mol. The number of fused-ring (bicyclic) bond motifs is 5. The van der Waals surface area contributed by atoms with E-state index in [1.54, 1.807) is 6.08 Å². The molecule has 3 heteroatoms. The van der Waals surface area contributed by atoms with E-state index in [4.69, 9.17) is 0 Å². The zero-order valence-electron chi connectivity index (χ0n) is 15.1. The summed E-state index contributed by atoms with van der Waals surface area (Å²) >= 11 is 0. The Bertz CT molecular complexity index is 569. The van der Waals surface area contributed by atoms with E-state index < -0.39 is 5.60 Å². The molecular weight excluding hydrogens is 300 g/mol. The molecule has 4 rings (SSSR count). The van der Waals surface area contributed by atoms with Crippen molar-refractivity contribution in [3.8, 4) is 0 Å². The molecule has 0 aromatic carbocycles. The van der Waals surface area contributed by atoms with E-state index in [1.807, 2.05) is 0 Å². The van der Waals surface area contributed by atoms with Crippen molar-refractivity contribution < 1.29 is 15.0 Å². The number of hydrogen-bond donors (Lipinski definition) is 2. The molecule has 4 fully saturated rings. The van der Waals surface area contributed by atoms with Gasteiger partial charge in [0.15, 0.2) is 0 Å². The summed E-state index contributed by atoms with van der Waals surface area (Å²) < 4.78 is 0. The van der Waals surface area contributed by atoms with Gasteiger partial charge in [-0.2, -0.15) is 0 Å². The summed E-state index contributed by atoms with van der Waals surface area (Å²) in [5.74, 6) is 1.53. The minimum absolute atomic E-state index is 0.120. The van der Waals surface area contributed by atoms with Crippen LogP contribution in [0, 0.1) is 28.6 Å². The van der Waals surface area contributed by atoms with Crippen molar-refractivity contribution in [3.63, 3.8) is 0 Å². The van der Waals surface area contributed by atoms with Gasteiger partial charge in [-0.05, 0) is 87.0 Å². The van der Waals surface area contributed by atoms with E-state index in [0.29, 0.717) is 17.8 Å². The number of hydrogen-bond acceptors (Lipinski definition) is 3. The Hall–Kier alpha value is -0.670. The maximum Gasteiger partial charge on any atom is 0.142 e. The van der Waals surface area contributed by atoms with E-state index in [1.165, 1.54) is 5.57 Å². The van der Waals surface area contributed by atoms with Crippen molar-refractivity contribution >= 4 is 6.29 Å². The van der Waals surface area contributed by atoms with Gasteiger partial charge in [0.1, 0.15) is 6.29 Å². The minimum Gasteiger partial charge on any atom is -0.393 e. The van der Waals surface area contributed by atoms with E-state index in [9.17, 15) is 15.0 Å². The molecule has 134 valence electrons. The average Bonchev–Trinajstić information content (AvgIpc) is 2.81. The normalized spacial score (nSPS) is 55.6. The Balaban J connectivity index is 1.69. The van der Waals surface area contributed by atoms with Crippen molar-refractivity contribution in [2.24, 2.45) is 28.6 Å². The Morgan fingerprint density at radius 2 is 1.83 bits per heavy atom. The molecule has 7 atom stereocenters. The molecule has 0 bridgehead atoms. The molecule has 24 heavy (non-hydrogen) atoms. The first kappa shape index (κ1) is 16.8. The summed E-state index contributed by atoms with van der Waals surface area (Å²) in [7, 11) is 0. The first-order valence-corrected chi connectivity index (χ1v) is 9.90. The van der Waals surface area contributed by atoms with Gasteiger partial charge < -0.3 is 10.2 Å². The standard InChI is InChI=1S/C21H32O3/c1-19-9-6-16(23)13-15(19)3-4-18-17(19)7-10-20(2)14(8-12-22)5-11-21(18,20)24/h8,12,15-18,23-24H,3-7,9-11,13H2,1-2H3/b14-8+/t15-,16+,17+,18-,19+,20-,21+/m1/s1. The molecule has 4 aliphatic rings. The van der Waals surface area contributed by atoms with Crippen LogP contribution in [0.1, 0.15) is 71.6 Å². The van der Waals surface area contributed by atoms with Crippen LogP contribution in [0.3, 0.4) is 0 Å². The van der Waals surface area contributed by atoms with Crippen LogP contribution in [0.2, 0.25) is 0 Å². The molecule has 0 heterocycles. The van der Waals surface area contributed by atoms with Crippen LogP contribution in [0.4, 0.5) is 0 Å². The molecule has 0 aromatic rings. The molecule has 3 nitrogen and oxygen atoms in total. The lowest BCUT2D eigenvalue weighted by molar-refractivity contribution is -0.195. The number of rotatable bonds is 1. The van der Waals surface area contributed by atoms with Gasteiger partial charge in [0.25, 0.3) is 0 Å². The van der Waals surface area contributed by atoms with Gasteiger partial charge in [-0.1, -0.05) is 19.4 Å². The predicted octanol–water partition coefficient (Wildman–Crippen LogP) is 3.63. The van der Waals surface area contributed by atoms with Crippen LogP contribution >= 0.6 is 0 Å². The maximum atomic E-state index is 11.8. The second kappa shape index (κ2) is 5.41. The third-order valence-electron chi connectivity index (χ3n) is 8.94. The molecule has 0 radical (unpaired) electrons. The Morgan fingerprint density at radius 1 is 1.04 bits per heavy atom. The molecule has 0 amide bonds. The number of allylic oxidation sites excluding steroid dienone is 1. The summed E-state index contributed by atoms with van der Waals surface area (Å²) in [4.78, 5) is 11.1. The van der Waals surface area contributed by atoms with Crippen molar-refractivity contribution in [3.05, 3.63) is 11.6 Å². The van der Waals surface area contributed by atoms with Crippen LogP contribution in [0.5, 0.6) is 0 Å². The predicted molar refractivity (Wildman–Crippen MR) is 93.3 cm³/mol. The molecule has 4 saturated carbocycles. The Kier molecular flexibility index (Phi) is 3.78. The van der Waals surface area contributed by atoms with Gasteiger partial charge in [-0.25, -0.2) is 0 Å². The van der Waals surface area contributed by atoms with E-state index in [-0.39, 0.29) is 16.9 Å². The van der Waals surface area contributed by atoms with Crippen LogP contribution in [-0.4, -0.2) is 28.2 Å². The second-order valence-corrected chi connectivity index (χ2v) is 9.54. The van der Waals surface area contributed by atoms with Crippen LogP contribution in [-0.2, 0) is 4.79 Å². The number of carbonyl (C=O) groups excluding carboxylic acids is 1. The van der Waals surface area contributed by atoms with Crippen LogP contribution < -0.4 is 0 Å². The van der Waals surface area contributed by atoms with Gasteiger partial charge in [-0.15, -0.1) is 0 Å². The Labute approximate surface area is 145 Å². The molecular formula is C21H32O3. The molecule has 2 N–H and O–H groups in total. The number of aliphatic hydroxyl groups is 2. The van der Waals surface area contributed by atoms with Gasteiger partial charge >= 0.3 is 0 Å². The third-order valence-corrected chi connectivity index (χ3v) is 8.94. The highest BCUT2D eigenvalue weighted by Gasteiger charge is 2.65. The lowest BCUT2D eigenvalue weighted by atomic mass is 9.43. The van der Waals surface area contributed by atoms with Crippen molar-refractivity contribution in [2.45, 2.75) is 83.3 Å². The molecule has 0 spiro atoms. The highest BCUT2D eigenvalue weighted by atomic mass is 16.3. The van der Waals surface area contributed by atoms with Crippen molar-refractivity contribution in [1.29, 1.82) is 0 Å². The van der Waals surface area contributed by atoms with Crippen molar-refractivity contribution in [1.82, 2.24) is 0 Å². The van der Waals surface area contributed by atoms with Gasteiger partial charge in [0.2, 0.25) is 0 Å². The van der Waals surface area contributed by atoms with E-state index in [2.05, 4.69) is 13.8 Å². The summed E-state index contributed by atoms with van der Waals surface area (Å²) in [6.07, 6.45) is 11.5. The van der Waals surface area contributed by atoms with E-state index >= 15 is 0 Å². The quantitative estimate of drug-likeness (QED) is 0.569. The summed E-state index contributed by atoms with van der Waals surface area (Å²) in [5.41, 5.74) is 0.585. The van der Waals surface area contributed by atoms with Crippen molar-refractivity contribution in [2.75, 3.05) is 0 Å². The molecule has 0 aromatic heterocycles. The van der Waals surface area contributed by atoms with Crippen LogP contribution in [0.15, 0.2) is 11.6 Å². The van der Waals surface area contributed by atoms with Gasteiger partial charge in [0.05, 0.1) is 11.7 Å². The fourth-order valence-electron chi connectivity index (χ4n) is 7.40. The first-order chi connectivity index (χ1) is 11.3.